The number of phosphoric ester groups is 2. The van der Waals surface area contributed by atoms with Crippen molar-refractivity contribution >= 4 is 91.3 Å². The molecule has 0 spiro atoms. The van der Waals surface area contributed by atoms with Crippen molar-refractivity contribution in [3.8, 4) is 0 Å². The topological polar surface area (TPSA) is 912 Å². The van der Waals surface area contributed by atoms with Crippen molar-refractivity contribution in [3.05, 3.63) is 0 Å². The minimum absolute atomic E-state index is 0.0394. The highest BCUT2D eigenvalue weighted by Gasteiger charge is 2.58. The number of hydrogen-bond acceptors (Lipinski definition) is 24. The zero-order valence-electron chi connectivity index (χ0n) is 47.8. The monoisotopic (exact) mass is 1470 g/mol. The second kappa shape index (κ2) is 56.3. The Bertz CT molecular complexity index is 2180. The molecule has 0 radical (unpaired) electrons. The smallest absolute Gasteiger partial charge is 0.469 e. The average Bonchev–Trinajstić information content (AvgIpc) is 3.33. The lowest BCUT2D eigenvalue weighted by Gasteiger charge is -2.28. The summed E-state index contributed by atoms with van der Waals surface area (Å²) in [6, 6.07) is -1.41. The average molecular weight is 1470 g/mol. The van der Waals surface area contributed by atoms with Gasteiger partial charge in [-0.05, 0) is 39.7 Å². The minimum Gasteiger partial charge on any atom is -0.481 e. The first-order chi connectivity index (χ1) is 39.0. The quantitative estimate of drug-likeness (QED) is 0.0250. The molecule has 0 aromatic rings. The number of amides is 2. The molecule has 0 heterocycles. The molecule has 538 valence electrons. The second-order valence-corrected chi connectivity index (χ2v) is 30.4. The number of carbonyl (C=O) groups is 5. The van der Waals surface area contributed by atoms with Crippen LogP contribution in [0.4, 0.5) is 9.59 Å². The number of unbranched alkanes of at least 4 members (excludes halogenated alkanes) is 6. The Hall–Kier alpha value is -2.29. The lowest BCUT2D eigenvalue weighted by Crippen LogP contribution is -2.34. The van der Waals surface area contributed by atoms with E-state index in [-0.39, 0.29) is 45.6 Å². The first kappa shape index (κ1) is 107. The summed E-state index contributed by atoms with van der Waals surface area (Å²) in [6.07, 6.45) is 5.78. The highest BCUT2D eigenvalue weighted by molar-refractivity contribution is 7.72. The molecule has 2 unspecified atom stereocenters. The summed E-state index contributed by atoms with van der Waals surface area (Å²) < 4.78 is 88.9. The summed E-state index contributed by atoms with van der Waals surface area (Å²) >= 11 is 0. The van der Waals surface area contributed by atoms with Crippen LogP contribution in [0.2, 0.25) is 0 Å². The Kier molecular flexibility index (Phi) is 68.6. The summed E-state index contributed by atoms with van der Waals surface area (Å²) in [5.74, 6) is -4.21. The molecule has 0 bridgehead atoms. The third-order valence-electron chi connectivity index (χ3n) is 7.78. The van der Waals surface area contributed by atoms with Crippen molar-refractivity contribution in [2.75, 3.05) is 58.8 Å². The van der Waals surface area contributed by atoms with E-state index in [2.05, 4.69) is 45.0 Å². The predicted molar refractivity (Wildman–Crippen MR) is 308 cm³/mol. The fraction of sp³-hybridized carbons (Fsp3) is 0.848. The fourth-order valence-electron chi connectivity index (χ4n) is 3.01. The third-order valence-corrected chi connectivity index (χ3v) is 18.0. The van der Waals surface area contributed by atoms with Gasteiger partial charge in [-0.3, -0.25) is 50.8 Å². The number of hydrogen-bond donors (Lipinski definition) is 32. The van der Waals surface area contributed by atoms with Crippen LogP contribution in [0.1, 0.15) is 98.3 Å². The Morgan fingerprint density at radius 2 is 0.818 bits per heavy atom. The van der Waals surface area contributed by atoms with E-state index in [1.54, 1.807) is 0 Å². The molecule has 0 saturated carbocycles. The Morgan fingerprint density at radius 3 is 0.989 bits per heavy atom. The van der Waals surface area contributed by atoms with E-state index in [1.165, 1.54) is 26.2 Å². The van der Waals surface area contributed by atoms with Crippen LogP contribution < -0.4 is 50.8 Å². The highest BCUT2D eigenvalue weighted by atomic mass is 31.2. The molecule has 39 N–H and O–H groups in total. The summed E-state index contributed by atoms with van der Waals surface area (Å²) in [6.45, 7) is 6.29. The molecule has 2 amide bonds. The van der Waals surface area contributed by atoms with Crippen molar-refractivity contribution in [2.24, 2.45) is 40.1 Å². The molecule has 0 fully saturated rings. The standard InChI is InChI=1S/C8H17NO2.C6H13NO2.C4H13NO7P2.C3H8NO6P.C3H7NO2.C2H8NO4P.C2H8NO3P.C2H5NO2.C2H8O7P2.CH6NO3P/c1-2-3-4-5-6-7-9-8(10)11;1-2-3-4-5-7-6(8)9;5-3-1-2-4(6,13(7,8)9)14(10,11)12;4-2(3(5)6)1-10-11(7,8)9;4-2-1-3(5)6;3-1-2-7-8(4,5)6;1-2(3)7(4,5)6;3-1-2(4)5;1-2(3,10(4,5)6)11(7,8)9;2-1-6(3,4)5/h9H,2-7H2,1H3,(H,10,11);7H,2-5H2,1H3,(H,8,9);6H,1-3,5H2,(H2,7,8,9)(H2,10,11,12);2H,1,4H2,(H,5,6)(H2,7,8,9);1-2,4H2,(H,5,6);1-3H2,(H2,4,5,6);2H,3H2,1H3,(H2,4,5,6);1,3H2,(H,4,5);3H,1H3,(H2,4,5,6)(H2,7,8,9);1-2H2,(H2,3,4,5). The Balaban J connectivity index is -0.0000000973. The zero-order chi connectivity index (χ0) is 73.0. The maximum atomic E-state index is 10.7. The third kappa shape index (κ3) is 85.8. The van der Waals surface area contributed by atoms with E-state index in [0.29, 0.717) is 20.0 Å². The van der Waals surface area contributed by atoms with Gasteiger partial charge in [-0.15, -0.1) is 0 Å². The molecule has 0 saturated heterocycles. The lowest BCUT2D eigenvalue weighted by molar-refractivity contribution is -0.139. The van der Waals surface area contributed by atoms with E-state index in [1.807, 2.05) is 0 Å². The molecule has 47 nitrogen and oxygen atoms in total. The predicted octanol–water partition coefficient (Wildman–Crippen LogP) is -4.04. The van der Waals surface area contributed by atoms with E-state index in [4.69, 9.17) is 138 Å². The van der Waals surface area contributed by atoms with Gasteiger partial charge in [0.15, 0.2) is 0 Å². The summed E-state index contributed by atoms with van der Waals surface area (Å²) in [4.78, 5) is 180. The van der Waals surface area contributed by atoms with Gasteiger partial charge in [0.05, 0.1) is 32.5 Å². The maximum Gasteiger partial charge on any atom is 0.469 e. The van der Waals surface area contributed by atoms with Crippen LogP contribution in [0, 0.1) is 0 Å². The van der Waals surface area contributed by atoms with Gasteiger partial charge in [-0.1, -0.05) is 52.4 Å². The number of nitrogens with one attached hydrogen (secondary N) is 2. The van der Waals surface area contributed by atoms with Crippen LogP contribution >= 0.6 is 61.2 Å². The molecule has 55 heteroatoms. The van der Waals surface area contributed by atoms with Gasteiger partial charge < -0.3 is 165 Å². The summed E-state index contributed by atoms with van der Waals surface area (Å²) in [5.41, 5.74) is 33.5. The van der Waals surface area contributed by atoms with Crippen molar-refractivity contribution in [2.45, 2.75) is 120 Å². The van der Waals surface area contributed by atoms with Gasteiger partial charge in [0, 0.05) is 32.6 Å². The van der Waals surface area contributed by atoms with Crippen molar-refractivity contribution in [3.63, 3.8) is 0 Å². The molecule has 0 aliphatic carbocycles. The van der Waals surface area contributed by atoms with Crippen LogP contribution in [0.3, 0.4) is 0 Å². The lowest BCUT2D eigenvalue weighted by atomic mass is 10.1. The van der Waals surface area contributed by atoms with E-state index < -0.39 is 133 Å². The SMILES string of the molecule is CC(N)P(=O)(O)O.CC(O)(P(=O)(O)O)P(=O)(O)O.CCCCCCCNC(=O)O.CCCCCNC(=O)O.NC(COP(=O)(O)O)C(=O)O.NCC(=O)O.NCCC(=O)O.NCCCC(O)(P(=O)(O)O)P(=O)(O)O.NCCOP(=O)(O)O.NCP(=O)(O)O. The van der Waals surface area contributed by atoms with Crippen LogP contribution in [0.25, 0.3) is 0 Å². The molecule has 0 aliphatic heterocycles. The number of aliphatic hydroxyl groups is 2. The Labute approximate surface area is 503 Å². The van der Waals surface area contributed by atoms with Crippen LogP contribution in [-0.4, -0.2) is 225 Å². The fourth-order valence-corrected chi connectivity index (χ4v) is 7.32. The van der Waals surface area contributed by atoms with Crippen LogP contribution in [-0.2, 0) is 60.0 Å². The molecule has 2 atom stereocenters. The van der Waals surface area contributed by atoms with E-state index in [0.717, 1.165) is 32.1 Å². The van der Waals surface area contributed by atoms with E-state index in [9.17, 15) is 65.6 Å². The van der Waals surface area contributed by atoms with Crippen molar-refractivity contribution in [1.82, 2.24) is 10.6 Å². The second-order valence-electron chi connectivity index (χ2n) is 15.9. The molecular weight excluding hydrogens is 1380 g/mol. The molecule has 0 aromatic carbocycles. The normalized spacial score (nSPS) is 12.3. The Morgan fingerprint density at radius 1 is 0.500 bits per heavy atom. The molecule has 88 heavy (non-hydrogen) atoms. The van der Waals surface area contributed by atoms with Gasteiger partial charge >= 0.3 is 91.3 Å². The summed E-state index contributed by atoms with van der Waals surface area (Å²) in [5, 5.41) is 55.8. The molecule has 0 aliphatic rings. The summed E-state index contributed by atoms with van der Waals surface area (Å²) in [7, 11) is -37.7. The number of nitrogens with two attached hydrogens (primary N) is 7. The first-order valence-electron chi connectivity index (χ1n) is 23.8. The van der Waals surface area contributed by atoms with Crippen LogP contribution in [0.15, 0.2) is 0 Å². The number of aliphatic carboxylic acids is 3. The highest BCUT2D eigenvalue weighted by Crippen LogP contribution is 2.69. The first-order valence-corrected chi connectivity index (χ1v) is 36.8. The molecular formula is C33H93N9O38P8. The molecule has 0 rings (SSSR count). The minimum atomic E-state index is -5.30. The maximum absolute atomic E-state index is 10.7. The zero-order valence-corrected chi connectivity index (χ0v) is 55.0. The number of phosphoric acid groups is 2. The van der Waals surface area contributed by atoms with Gasteiger partial charge in [0.25, 0.3) is 10.2 Å². The van der Waals surface area contributed by atoms with Gasteiger partial charge in [-0.25, -0.2) is 18.7 Å². The molecule has 0 aromatic heterocycles. The van der Waals surface area contributed by atoms with Crippen molar-refractivity contribution in [1.29, 1.82) is 0 Å². The number of carboxylic acids is 3. The van der Waals surface area contributed by atoms with Crippen LogP contribution in [0.5, 0.6) is 0 Å². The largest absolute Gasteiger partial charge is 0.481 e. The van der Waals surface area contributed by atoms with E-state index >= 15 is 0 Å². The van der Waals surface area contributed by atoms with Gasteiger partial charge in [-0.2, -0.15) is 0 Å². The number of carboxylic acid groups (broad SMARTS) is 5. The van der Waals surface area contributed by atoms with Gasteiger partial charge in [0.2, 0.25) is 0 Å². The van der Waals surface area contributed by atoms with Crippen molar-refractivity contribution < 1.29 is 184 Å². The van der Waals surface area contributed by atoms with Gasteiger partial charge in [0.1, 0.15) is 11.8 Å². The number of rotatable bonds is 29.